The number of sulfonamides is 1. The Morgan fingerprint density at radius 1 is 1.13 bits per heavy atom. The number of nitrogens with one attached hydrogen (secondary N) is 1. The highest BCUT2D eigenvalue weighted by atomic mass is 32.2. The van der Waals surface area contributed by atoms with Gasteiger partial charge in [-0.1, -0.05) is 18.2 Å². The molecule has 0 saturated heterocycles. The third-order valence-corrected chi connectivity index (χ3v) is 4.98. The molecule has 0 aliphatic rings. The lowest BCUT2D eigenvalue weighted by Crippen LogP contribution is -2.34. The summed E-state index contributed by atoms with van der Waals surface area (Å²) in [6.07, 6.45) is 0. The lowest BCUT2D eigenvalue weighted by Gasteiger charge is -2.18. The van der Waals surface area contributed by atoms with E-state index in [-0.39, 0.29) is 35.4 Å². The Morgan fingerprint density at radius 3 is 2.33 bits per heavy atom. The van der Waals surface area contributed by atoms with Gasteiger partial charge in [-0.2, -0.15) is 8.78 Å². The van der Waals surface area contributed by atoms with Gasteiger partial charge in [0.05, 0.1) is 18.6 Å². The fraction of sp³-hybridized carbons (Fsp3) is 0.316. The lowest BCUT2D eigenvalue weighted by molar-refractivity contribution is -0.122. The van der Waals surface area contributed by atoms with Gasteiger partial charge in [-0.05, 0) is 42.4 Å². The number of carbonyl (C=O) groups is 1. The number of amides is 1. The molecule has 2 rings (SSSR count). The molecule has 0 unspecified atom stereocenters. The minimum absolute atomic E-state index is 0.00212. The zero-order valence-corrected chi connectivity index (χ0v) is 17.3. The van der Waals surface area contributed by atoms with E-state index in [4.69, 9.17) is 9.88 Å². The van der Waals surface area contributed by atoms with Gasteiger partial charge in [-0.15, -0.1) is 0 Å². The zero-order chi connectivity index (χ0) is 22.3. The van der Waals surface area contributed by atoms with Crippen molar-refractivity contribution in [1.82, 2.24) is 10.2 Å². The topological polar surface area (TPSA) is 111 Å². The van der Waals surface area contributed by atoms with E-state index in [0.717, 1.165) is 11.1 Å². The van der Waals surface area contributed by atoms with Gasteiger partial charge in [0, 0.05) is 13.1 Å². The number of rotatable bonds is 10. The monoisotopic (exact) mass is 443 g/mol. The van der Waals surface area contributed by atoms with E-state index in [9.17, 15) is 22.0 Å². The molecule has 2 aromatic rings. The number of hydrogen-bond acceptors (Lipinski definition) is 6. The number of ether oxygens (including phenoxy) is 2. The number of likely N-dealkylation sites (N-methyl/N-ethyl adjacent to an activating group) is 1. The number of nitrogens with zero attached hydrogens (tertiary/aromatic N) is 1. The minimum Gasteiger partial charge on any atom is -0.493 e. The molecular formula is C19H23F2N3O5S. The highest BCUT2D eigenvalue weighted by molar-refractivity contribution is 7.89. The summed E-state index contributed by atoms with van der Waals surface area (Å²) < 4.78 is 56.7. The number of primary sulfonamides is 1. The van der Waals surface area contributed by atoms with Crippen LogP contribution in [0.3, 0.4) is 0 Å². The third-order valence-electron chi connectivity index (χ3n) is 4.05. The first-order chi connectivity index (χ1) is 14.1. The molecule has 0 atom stereocenters. The van der Waals surface area contributed by atoms with Gasteiger partial charge >= 0.3 is 6.61 Å². The Bertz CT molecular complexity index is 969. The second-order valence-electron chi connectivity index (χ2n) is 6.50. The van der Waals surface area contributed by atoms with Crippen LogP contribution < -0.4 is 19.9 Å². The Labute approximate surface area is 173 Å². The quantitative estimate of drug-likeness (QED) is 0.578. The van der Waals surface area contributed by atoms with Crippen LogP contribution in [-0.4, -0.2) is 46.5 Å². The Balaban J connectivity index is 1.87. The van der Waals surface area contributed by atoms with Crippen LogP contribution in [0.2, 0.25) is 0 Å². The average Bonchev–Trinajstić information content (AvgIpc) is 2.66. The van der Waals surface area contributed by atoms with Crippen molar-refractivity contribution in [1.29, 1.82) is 0 Å². The van der Waals surface area contributed by atoms with E-state index in [0.29, 0.717) is 6.54 Å². The smallest absolute Gasteiger partial charge is 0.387 e. The number of methoxy groups -OCH3 is 1. The average molecular weight is 443 g/mol. The molecule has 0 aromatic heterocycles. The Morgan fingerprint density at radius 2 is 1.77 bits per heavy atom. The molecule has 0 saturated carbocycles. The second kappa shape index (κ2) is 10.3. The van der Waals surface area contributed by atoms with E-state index < -0.39 is 16.6 Å². The van der Waals surface area contributed by atoms with Crippen LogP contribution in [0.15, 0.2) is 47.4 Å². The van der Waals surface area contributed by atoms with Crippen molar-refractivity contribution in [3.63, 3.8) is 0 Å². The molecule has 11 heteroatoms. The van der Waals surface area contributed by atoms with E-state index in [1.54, 1.807) is 36.2 Å². The highest BCUT2D eigenvalue weighted by Gasteiger charge is 2.13. The molecule has 0 spiro atoms. The van der Waals surface area contributed by atoms with Gasteiger partial charge in [-0.25, -0.2) is 13.6 Å². The SMILES string of the molecule is COc1cc(CN(C)CC(=O)NCc2ccc(S(N)(=O)=O)cc2)ccc1OC(F)F. The van der Waals surface area contributed by atoms with Crippen molar-refractivity contribution < 1.29 is 31.5 Å². The summed E-state index contributed by atoms with van der Waals surface area (Å²) in [5, 5.41) is 7.78. The molecule has 164 valence electrons. The third kappa shape index (κ3) is 7.25. The normalized spacial score (nSPS) is 11.6. The van der Waals surface area contributed by atoms with Crippen LogP contribution >= 0.6 is 0 Å². The van der Waals surface area contributed by atoms with E-state index in [1.165, 1.54) is 25.3 Å². The molecule has 0 aliphatic heterocycles. The molecule has 0 fully saturated rings. The fourth-order valence-corrected chi connectivity index (χ4v) is 3.19. The van der Waals surface area contributed by atoms with Gasteiger partial charge in [0.15, 0.2) is 11.5 Å². The maximum absolute atomic E-state index is 12.4. The molecule has 30 heavy (non-hydrogen) atoms. The molecule has 2 aromatic carbocycles. The predicted molar refractivity (Wildman–Crippen MR) is 106 cm³/mol. The first kappa shape index (κ1) is 23.5. The van der Waals surface area contributed by atoms with Crippen molar-refractivity contribution >= 4 is 15.9 Å². The predicted octanol–water partition coefficient (Wildman–Crippen LogP) is 1.69. The summed E-state index contributed by atoms with van der Waals surface area (Å²) in [6.45, 7) is -2.26. The summed E-state index contributed by atoms with van der Waals surface area (Å²) in [6, 6.07) is 10.5. The fourth-order valence-electron chi connectivity index (χ4n) is 2.67. The summed E-state index contributed by atoms with van der Waals surface area (Å²) >= 11 is 0. The molecule has 0 heterocycles. The van der Waals surface area contributed by atoms with Crippen LogP contribution in [-0.2, 0) is 27.9 Å². The summed E-state index contributed by atoms with van der Waals surface area (Å²) in [7, 11) is -0.674. The van der Waals surface area contributed by atoms with Gasteiger partial charge < -0.3 is 14.8 Å². The minimum atomic E-state index is -3.76. The van der Waals surface area contributed by atoms with Crippen molar-refractivity contribution in [2.45, 2.75) is 24.6 Å². The molecule has 1 amide bonds. The molecule has 0 bridgehead atoms. The van der Waals surface area contributed by atoms with Crippen LogP contribution in [0.25, 0.3) is 0 Å². The first-order valence-electron chi connectivity index (χ1n) is 8.77. The second-order valence-corrected chi connectivity index (χ2v) is 8.06. The maximum Gasteiger partial charge on any atom is 0.387 e. The van der Waals surface area contributed by atoms with Crippen molar-refractivity contribution in [2.75, 3.05) is 20.7 Å². The van der Waals surface area contributed by atoms with Gasteiger partial charge in [0.25, 0.3) is 0 Å². The zero-order valence-electron chi connectivity index (χ0n) is 16.5. The highest BCUT2D eigenvalue weighted by Crippen LogP contribution is 2.29. The molecule has 8 nitrogen and oxygen atoms in total. The first-order valence-corrected chi connectivity index (χ1v) is 10.3. The number of nitrogens with two attached hydrogens (primary N) is 1. The molecule has 0 radical (unpaired) electrons. The number of halogens is 2. The van der Waals surface area contributed by atoms with Crippen LogP contribution in [0.4, 0.5) is 8.78 Å². The number of alkyl halides is 2. The Hall–Kier alpha value is -2.76. The van der Waals surface area contributed by atoms with Gasteiger partial charge in [0.2, 0.25) is 15.9 Å². The largest absolute Gasteiger partial charge is 0.493 e. The van der Waals surface area contributed by atoms with Crippen molar-refractivity contribution in [3.8, 4) is 11.5 Å². The van der Waals surface area contributed by atoms with Gasteiger partial charge in [0.1, 0.15) is 0 Å². The van der Waals surface area contributed by atoms with Crippen molar-refractivity contribution in [3.05, 3.63) is 53.6 Å². The van der Waals surface area contributed by atoms with Crippen LogP contribution in [0, 0.1) is 0 Å². The summed E-state index contributed by atoms with van der Waals surface area (Å²) in [5.41, 5.74) is 1.47. The molecule has 3 N–H and O–H groups in total. The lowest BCUT2D eigenvalue weighted by atomic mass is 10.2. The number of hydrogen-bond donors (Lipinski definition) is 2. The maximum atomic E-state index is 12.4. The van der Waals surface area contributed by atoms with E-state index in [2.05, 4.69) is 10.1 Å². The van der Waals surface area contributed by atoms with Crippen LogP contribution in [0.1, 0.15) is 11.1 Å². The van der Waals surface area contributed by atoms with E-state index >= 15 is 0 Å². The van der Waals surface area contributed by atoms with Crippen molar-refractivity contribution in [2.24, 2.45) is 5.14 Å². The molecule has 0 aliphatic carbocycles. The van der Waals surface area contributed by atoms with Crippen LogP contribution in [0.5, 0.6) is 11.5 Å². The summed E-state index contributed by atoms with van der Waals surface area (Å²) in [5.74, 6) is -0.128. The standard InChI is InChI=1S/C19H23F2N3O5S/c1-24(11-14-5-8-16(29-19(20)21)17(9-14)28-2)12-18(25)23-10-13-3-6-15(7-4-13)30(22,26)27/h3-9,19H,10-12H2,1-2H3,(H,23,25)(H2,22,26,27). The Kier molecular flexibility index (Phi) is 8.09. The number of carbonyl (C=O) groups excluding carboxylic acids is 1. The summed E-state index contributed by atoms with van der Waals surface area (Å²) in [4.78, 5) is 13.9. The van der Waals surface area contributed by atoms with Gasteiger partial charge in [-0.3, -0.25) is 9.69 Å². The number of benzene rings is 2. The van der Waals surface area contributed by atoms with E-state index in [1.807, 2.05) is 0 Å². The molecular weight excluding hydrogens is 420 g/mol.